The fraction of sp³-hybridized carbons (Fsp3) is 0.333. The van der Waals surface area contributed by atoms with Crippen LogP contribution in [-0.4, -0.2) is 54.6 Å². The lowest BCUT2D eigenvalue weighted by Crippen LogP contribution is -2.48. The van der Waals surface area contributed by atoms with Crippen LogP contribution in [0.2, 0.25) is 10.0 Å². The predicted octanol–water partition coefficient (Wildman–Crippen LogP) is 3.57. The number of benzene rings is 2. The van der Waals surface area contributed by atoms with Gasteiger partial charge in [0, 0.05) is 38.3 Å². The summed E-state index contributed by atoms with van der Waals surface area (Å²) in [7, 11) is 0. The standard InChI is InChI=1S/C21H24Cl2N4O/c1-16-5-7-17(8-6-16)14-26-9-11-27(12-10-26)15-20(28)25-24-13-18-3-2-4-19(22)21(18)23/h2-8,13H,9-12,14-15H2,1H3,(H,25,28). The van der Waals surface area contributed by atoms with Crippen molar-refractivity contribution in [2.24, 2.45) is 5.10 Å². The molecule has 0 radical (unpaired) electrons. The fourth-order valence-corrected chi connectivity index (χ4v) is 3.45. The highest BCUT2D eigenvalue weighted by molar-refractivity contribution is 6.43. The molecule has 1 amide bonds. The Bertz CT molecular complexity index is 831. The van der Waals surface area contributed by atoms with Crippen molar-refractivity contribution >= 4 is 35.3 Å². The van der Waals surface area contributed by atoms with E-state index in [2.05, 4.69) is 51.5 Å². The Morgan fingerprint density at radius 2 is 1.75 bits per heavy atom. The zero-order valence-corrected chi connectivity index (χ0v) is 17.4. The third-order valence-corrected chi connectivity index (χ3v) is 5.57. The van der Waals surface area contributed by atoms with Crippen LogP contribution in [0, 0.1) is 6.92 Å². The first-order chi connectivity index (χ1) is 13.5. The minimum Gasteiger partial charge on any atom is -0.297 e. The van der Waals surface area contributed by atoms with E-state index in [1.165, 1.54) is 17.3 Å². The molecule has 1 heterocycles. The van der Waals surface area contributed by atoms with Crippen molar-refractivity contribution in [2.45, 2.75) is 13.5 Å². The second kappa shape index (κ2) is 10.0. The Kier molecular flexibility index (Phi) is 7.45. The number of rotatable bonds is 6. The van der Waals surface area contributed by atoms with Gasteiger partial charge in [0.1, 0.15) is 0 Å². The summed E-state index contributed by atoms with van der Waals surface area (Å²) in [6, 6.07) is 13.9. The van der Waals surface area contributed by atoms with Crippen LogP contribution in [0.5, 0.6) is 0 Å². The van der Waals surface area contributed by atoms with Crippen LogP contribution in [0.3, 0.4) is 0 Å². The van der Waals surface area contributed by atoms with Gasteiger partial charge in [-0.2, -0.15) is 5.10 Å². The zero-order chi connectivity index (χ0) is 19.9. The Hall–Kier alpha value is -1.92. The molecule has 1 saturated heterocycles. The highest BCUT2D eigenvalue weighted by Crippen LogP contribution is 2.24. The lowest BCUT2D eigenvalue weighted by Gasteiger charge is -2.34. The molecule has 0 saturated carbocycles. The molecule has 2 aromatic rings. The van der Waals surface area contributed by atoms with Gasteiger partial charge in [0.2, 0.25) is 0 Å². The number of nitrogens with zero attached hydrogens (tertiary/aromatic N) is 3. The van der Waals surface area contributed by atoms with Crippen molar-refractivity contribution in [3.63, 3.8) is 0 Å². The first-order valence-electron chi connectivity index (χ1n) is 9.27. The number of carbonyl (C=O) groups excluding carboxylic acids is 1. The Morgan fingerprint density at radius 3 is 2.46 bits per heavy atom. The first kappa shape index (κ1) is 20.8. The quantitative estimate of drug-likeness (QED) is 0.575. The molecule has 28 heavy (non-hydrogen) atoms. The van der Waals surface area contributed by atoms with E-state index in [4.69, 9.17) is 23.2 Å². The van der Waals surface area contributed by atoms with Crippen LogP contribution >= 0.6 is 23.2 Å². The van der Waals surface area contributed by atoms with Crippen LogP contribution in [0.1, 0.15) is 16.7 Å². The second-order valence-electron chi connectivity index (χ2n) is 6.97. The fourth-order valence-electron chi connectivity index (χ4n) is 3.09. The molecule has 1 aliphatic rings. The third-order valence-electron chi connectivity index (χ3n) is 4.73. The number of nitrogens with one attached hydrogen (secondary N) is 1. The van der Waals surface area contributed by atoms with Gasteiger partial charge in [0.05, 0.1) is 22.8 Å². The number of hydrogen-bond acceptors (Lipinski definition) is 4. The van der Waals surface area contributed by atoms with Crippen LogP contribution in [0.15, 0.2) is 47.6 Å². The number of halogens is 2. The molecule has 0 bridgehead atoms. The predicted molar refractivity (Wildman–Crippen MR) is 115 cm³/mol. The molecule has 0 unspecified atom stereocenters. The molecule has 3 rings (SSSR count). The highest BCUT2D eigenvalue weighted by atomic mass is 35.5. The van der Waals surface area contributed by atoms with Gasteiger partial charge in [-0.3, -0.25) is 14.6 Å². The van der Waals surface area contributed by atoms with E-state index in [0.717, 1.165) is 32.7 Å². The van der Waals surface area contributed by atoms with Gasteiger partial charge >= 0.3 is 0 Å². The van der Waals surface area contributed by atoms with Gasteiger partial charge < -0.3 is 0 Å². The molecular formula is C21H24Cl2N4O. The maximum Gasteiger partial charge on any atom is 0.254 e. The zero-order valence-electron chi connectivity index (χ0n) is 15.9. The number of piperazine rings is 1. The number of aryl methyl sites for hydroxylation is 1. The molecule has 1 fully saturated rings. The average molecular weight is 419 g/mol. The molecule has 0 atom stereocenters. The average Bonchev–Trinajstić information content (AvgIpc) is 2.68. The van der Waals surface area contributed by atoms with Gasteiger partial charge in [-0.25, -0.2) is 5.43 Å². The monoisotopic (exact) mass is 418 g/mol. The van der Waals surface area contributed by atoms with Crippen molar-refractivity contribution in [1.82, 2.24) is 15.2 Å². The van der Waals surface area contributed by atoms with Gasteiger partial charge in [0.25, 0.3) is 5.91 Å². The largest absolute Gasteiger partial charge is 0.297 e. The van der Waals surface area contributed by atoms with Crippen molar-refractivity contribution in [1.29, 1.82) is 0 Å². The van der Waals surface area contributed by atoms with E-state index in [1.54, 1.807) is 18.2 Å². The van der Waals surface area contributed by atoms with E-state index in [-0.39, 0.29) is 5.91 Å². The summed E-state index contributed by atoms with van der Waals surface area (Å²) in [6.45, 7) is 7.00. The van der Waals surface area contributed by atoms with E-state index in [1.807, 2.05) is 0 Å². The maximum atomic E-state index is 12.1. The maximum absolute atomic E-state index is 12.1. The Balaban J connectivity index is 1.40. The molecule has 0 spiro atoms. The minimum absolute atomic E-state index is 0.138. The molecule has 2 aromatic carbocycles. The summed E-state index contributed by atoms with van der Waals surface area (Å²) < 4.78 is 0. The Labute approximate surface area is 175 Å². The second-order valence-corrected chi connectivity index (χ2v) is 7.76. The summed E-state index contributed by atoms with van der Waals surface area (Å²) in [6.07, 6.45) is 1.51. The van der Waals surface area contributed by atoms with Gasteiger partial charge in [-0.1, -0.05) is 65.2 Å². The summed E-state index contributed by atoms with van der Waals surface area (Å²) in [5, 5.41) is 4.86. The van der Waals surface area contributed by atoms with Crippen LogP contribution < -0.4 is 5.43 Å². The lowest BCUT2D eigenvalue weighted by atomic mass is 10.1. The lowest BCUT2D eigenvalue weighted by molar-refractivity contribution is -0.122. The van der Waals surface area contributed by atoms with Crippen molar-refractivity contribution in [2.75, 3.05) is 32.7 Å². The SMILES string of the molecule is Cc1ccc(CN2CCN(CC(=O)NN=Cc3cccc(Cl)c3Cl)CC2)cc1. The van der Waals surface area contributed by atoms with Crippen molar-refractivity contribution < 1.29 is 4.79 Å². The Morgan fingerprint density at radius 1 is 1.07 bits per heavy atom. The molecule has 1 aliphatic heterocycles. The molecule has 0 aromatic heterocycles. The van der Waals surface area contributed by atoms with E-state index < -0.39 is 0 Å². The number of amides is 1. The molecule has 5 nitrogen and oxygen atoms in total. The summed E-state index contributed by atoms with van der Waals surface area (Å²) >= 11 is 12.1. The van der Waals surface area contributed by atoms with E-state index in [0.29, 0.717) is 22.2 Å². The summed E-state index contributed by atoms with van der Waals surface area (Å²) in [5.74, 6) is -0.138. The smallest absolute Gasteiger partial charge is 0.254 e. The minimum atomic E-state index is -0.138. The van der Waals surface area contributed by atoms with E-state index in [9.17, 15) is 4.79 Å². The number of hydrazone groups is 1. The van der Waals surface area contributed by atoms with Crippen LogP contribution in [0.4, 0.5) is 0 Å². The van der Waals surface area contributed by atoms with Gasteiger partial charge in [0.15, 0.2) is 0 Å². The number of carbonyl (C=O) groups is 1. The topological polar surface area (TPSA) is 47.9 Å². The van der Waals surface area contributed by atoms with Crippen LogP contribution in [-0.2, 0) is 11.3 Å². The summed E-state index contributed by atoms with van der Waals surface area (Å²) in [4.78, 5) is 16.7. The highest BCUT2D eigenvalue weighted by Gasteiger charge is 2.18. The molecule has 1 N–H and O–H groups in total. The van der Waals surface area contributed by atoms with Gasteiger partial charge in [-0.15, -0.1) is 0 Å². The molecular weight excluding hydrogens is 395 g/mol. The first-order valence-corrected chi connectivity index (χ1v) is 10.0. The normalized spacial score (nSPS) is 15.8. The van der Waals surface area contributed by atoms with Crippen LogP contribution in [0.25, 0.3) is 0 Å². The van der Waals surface area contributed by atoms with Crippen molar-refractivity contribution in [3.8, 4) is 0 Å². The molecule has 0 aliphatic carbocycles. The van der Waals surface area contributed by atoms with Crippen molar-refractivity contribution in [3.05, 3.63) is 69.2 Å². The summed E-state index contributed by atoms with van der Waals surface area (Å²) in [5.41, 5.74) is 5.82. The molecule has 7 heteroatoms. The van der Waals surface area contributed by atoms with Gasteiger partial charge in [-0.05, 0) is 18.6 Å². The third kappa shape index (κ3) is 6.04. The van der Waals surface area contributed by atoms with E-state index >= 15 is 0 Å². The number of hydrogen-bond donors (Lipinski definition) is 1. The molecule has 148 valence electrons.